The van der Waals surface area contributed by atoms with Gasteiger partial charge in [0.1, 0.15) is 0 Å². The van der Waals surface area contributed by atoms with Crippen LogP contribution in [0.1, 0.15) is 58.3 Å². The maximum atomic E-state index is 12.4. The largest absolute Gasteiger partial charge is 0.396 e. The van der Waals surface area contributed by atoms with Crippen molar-refractivity contribution in [1.82, 2.24) is 9.80 Å². The molecule has 21 heavy (non-hydrogen) atoms. The molecule has 1 amide bonds. The zero-order chi connectivity index (χ0) is 15.3. The zero-order valence-electron chi connectivity index (χ0n) is 13.8. The van der Waals surface area contributed by atoms with Gasteiger partial charge in [-0.3, -0.25) is 9.69 Å². The molecule has 2 rings (SSSR count). The van der Waals surface area contributed by atoms with Crippen LogP contribution in [0.3, 0.4) is 0 Å². The van der Waals surface area contributed by atoms with Crippen molar-refractivity contribution in [1.29, 1.82) is 0 Å². The van der Waals surface area contributed by atoms with E-state index in [0.29, 0.717) is 12.6 Å². The van der Waals surface area contributed by atoms with E-state index in [2.05, 4.69) is 11.8 Å². The van der Waals surface area contributed by atoms with E-state index >= 15 is 0 Å². The van der Waals surface area contributed by atoms with Gasteiger partial charge >= 0.3 is 0 Å². The summed E-state index contributed by atoms with van der Waals surface area (Å²) in [5.41, 5.74) is 0.106. The molecule has 0 bridgehead atoms. The fraction of sp³-hybridized carbons (Fsp3) is 0.941. The SMILES string of the molecule is CCC1(CO)CCN(CC(=O)N(C)C2CCCCC2)CC1. The highest BCUT2D eigenvalue weighted by Crippen LogP contribution is 2.34. The van der Waals surface area contributed by atoms with Crippen LogP contribution in [0.2, 0.25) is 0 Å². The average molecular weight is 296 g/mol. The van der Waals surface area contributed by atoms with Crippen LogP contribution in [0.5, 0.6) is 0 Å². The van der Waals surface area contributed by atoms with Gasteiger partial charge in [0, 0.05) is 19.7 Å². The number of aliphatic hydroxyl groups is 1. The lowest BCUT2D eigenvalue weighted by Crippen LogP contribution is -2.48. The summed E-state index contributed by atoms with van der Waals surface area (Å²) < 4.78 is 0. The summed E-state index contributed by atoms with van der Waals surface area (Å²) in [4.78, 5) is 16.7. The lowest BCUT2D eigenvalue weighted by molar-refractivity contribution is -0.134. The molecular weight excluding hydrogens is 264 g/mol. The first-order valence-electron chi connectivity index (χ1n) is 8.69. The number of carbonyl (C=O) groups excluding carboxylic acids is 1. The Bertz CT molecular complexity index is 326. The standard InChI is InChI=1S/C17H32N2O2/c1-3-17(14-20)9-11-19(12-10-17)13-16(21)18(2)15-7-5-4-6-8-15/h15,20H,3-14H2,1-2H3. The van der Waals surface area contributed by atoms with Gasteiger partial charge in [-0.2, -0.15) is 0 Å². The summed E-state index contributed by atoms with van der Waals surface area (Å²) in [6.07, 6.45) is 9.26. The molecule has 1 heterocycles. The van der Waals surface area contributed by atoms with E-state index in [4.69, 9.17) is 0 Å². The number of likely N-dealkylation sites (N-methyl/N-ethyl adjacent to an activating group) is 1. The first-order valence-corrected chi connectivity index (χ1v) is 8.69. The zero-order valence-corrected chi connectivity index (χ0v) is 13.8. The predicted octanol–water partition coefficient (Wildman–Crippen LogP) is 2.26. The molecule has 4 nitrogen and oxygen atoms in total. The van der Waals surface area contributed by atoms with E-state index in [9.17, 15) is 9.90 Å². The van der Waals surface area contributed by atoms with Crippen molar-refractivity contribution in [3.8, 4) is 0 Å². The second-order valence-electron chi connectivity index (χ2n) is 7.08. The maximum Gasteiger partial charge on any atom is 0.236 e. The predicted molar refractivity (Wildman–Crippen MR) is 85.1 cm³/mol. The molecule has 0 spiro atoms. The molecule has 1 aliphatic heterocycles. The number of carbonyl (C=O) groups is 1. The van der Waals surface area contributed by atoms with Crippen LogP contribution in [0.15, 0.2) is 0 Å². The van der Waals surface area contributed by atoms with Crippen molar-refractivity contribution in [2.45, 2.75) is 64.3 Å². The van der Waals surface area contributed by atoms with Crippen molar-refractivity contribution in [2.24, 2.45) is 5.41 Å². The van der Waals surface area contributed by atoms with Gasteiger partial charge in [-0.15, -0.1) is 0 Å². The average Bonchev–Trinajstić information content (AvgIpc) is 2.56. The van der Waals surface area contributed by atoms with Crippen molar-refractivity contribution in [3.63, 3.8) is 0 Å². The molecule has 1 saturated heterocycles. The van der Waals surface area contributed by atoms with Crippen LogP contribution in [0.25, 0.3) is 0 Å². The van der Waals surface area contributed by atoms with E-state index in [0.717, 1.165) is 32.4 Å². The fourth-order valence-corrected chi connectivity index (χ4v) is 3.78. The van der Waals surface area contributed by atoms with Crippen molar-refractivity contribution >= 4 is 5.91 Å². The third-order valence-electron chi connectivity index (χ3n) is 5.88. The van der Waals surface area contributed by atoms with E-state index in [-0.39, 0.29) is 17.9 Å². The van der Waals surface area contributed by atoms with Gasteiger partial charge in [-0.1, -0.05) is 26.2 Å². The maximum absolute atomic E-state index is 12.4. The molecule has 0 atom stereocenters. The molecule has 0 radical (unpaired) electrons. The van der Waals surface area contributed by atoms with E-state index < -0.39 is 0 Å². The fourth-order valence-electron chi connectivity index (χ4n) is 3.78. The Morgan fingerprint density at radius 2 is 1.86 bits per heavy atom. The Morgan fingerprint density at radius 3 is 2.38 bits per heavy atom. The first-order chi connectivity index (χ1) is 10.1. The number of amides is 1. The summed E-state index contributed by atoms with van der Waals surface area (Å²) >= 11 is 0. The Kier molecular flexibility index (Phi) is 6.06. The molecular formula is C17H32N2O2. The van der Waals surface area contributed by atoms with Crippen LogP contribution in [-0.4, -0.2) is 60.1 Å². The number of likely N-dealkylation sites (tertiary alicyclic amines) is 1. The number of rotatable bonds is 5. The number of hydrogen-bond donors (Lipinski definition) is 1. The second-order valence-corrected chi connectivity index (χ2v) is 7.08. The second kappa shape index (κ2) is 7.59. The van der Waals surface area contributed by atoms with Gasteiger partial charge in [0.25, 0.3) is 0 Å². The first kappa shape index (κ1) is 16.8. The van der Waals surface area contributed by atoms with Crippen LogP contribution < -0.4 is 0 Å². The Hall–Kier alpha value is -0.610. The molecule has 0 aromatic heterocycles. The smallest absolute Gasteiger partial charge is 0.236 e. The van der Waals surface area contributed by atoms with E-state index in [1.165, 1.54) is 32.1 Å². The number of aliphatic hydroxyl groups excluding tert-OH is 1. The topological polar surface area (TPSA) is 43.8 Å². The lowest BCUT2D eigenvalue weighted by atomic mass is 9.77. The van der Waals surface area contributed by atoms with Crippen LogP contribution in [0.4, 0.5) is 0 Å². The summed E-state index contributed by atoms with van der Waals surface area (Å²) in [6, 6.07) is 0.461. The molecule has 0 aromatic rings. The minimum Gasteiger partial charge on any atom is -0.396 e. The van der Waals surface area contributed by atoms with Gasteiger partial charge < -0.3 is 10.0 Å². The van der Waals surface area contributed by atoms with Gasteiger partial charge in [-0.25, -0.2) is 0 Å². The summed E-state index contributed by atoms with van der Waals surface area (Å²) in [7, 11) is 1.98. The quantitative estimate of drug-likeness (QED) is 0.846. The molecule has 2 aliphatic rings. The molecule has 1 N–H and O–H groups in total. The summed E-state index contributed by atoms with van der Waals surface area (Å²) in [6.45, 7) is 4.89. The van der Waals surface area contributed by atoms with Crippen LogP contribution in [-0.2, 0) is 4.79 Å². The highest BCUT2D eigenvalue weighted by molar-refractivity contribution is 5.78. The minimum atomic E-state index is 0.106. The number of piperidine rings is 1. The molecule has 1 aliphatic carbocycles. The van der Waals surface area contributed by atoms with Gasteiger partial charge in [0.05, 0.1) is 6.54 Å². The molecule has 4 heteroatoms. The van der Waals surface area contributed by atoms with Crippen LogP contribution >= 0.6 is 0 Å². The van der Waals surface area contributed by atoms with Crippen LogP contribution in [0, 0.1) is 5.41 Å². The normalized spacial score (nSPS) is 24.0. The molecule has 1 saturated carbocycles. The Balaban J connectivity index is 1.78. The molecule has 0 aromatic carbocycles. The lowest BCUT2D eigenvalue weighted by Gasteiger charge is -2.41. The molecule has 122 valence electrons. The number of nitrogens with zero attached hydrogens (tertiary/aromatic N) is 2. The third kappa shape index (κ3) is 4.19. The Morgan fingerprint density at radius 1 is 1.24 bits per heavy atom. The van der Waals surface area contributed by atoms with Crippen molar-refractivity contribution in [3.05, 3.63) is 0 Å². The Labute approximate surface area is 129 Å². The molecule has 0 unspecified atom stereocenters. The van der Waals surface area contributed by atoms with E-state index in [1.807, 2.05) is 11.9 Å². The third-order valence-corrected chi connectivity index (χ3v) is 5.88. The number of hydrogen-bond acceptors (Lipinski definition) is 3. The van der Waals surface area contributed by atoms with Gasteiger partial charge in [0.15, 0.2) is 0 Å². The monoisotopic (exact) mass is 296 g/mol. The summed E-state index contributed by atoms with van der Waals surface area (Å²) in [5, 5.41) is 9.57. The minimum absolute atomic E-state index is 0.106. The summed E-state index contributed by atoms with van der Waals surface area (Å²) in [5.74, 6) is 0.273. The van der Waals surface area contributed by atoms with E-state index in [1.54, 1.807) is 0 Å². The highest BCUT2D eigenvalue weighted by atomic mass is 16.3. The van der Waals surface area contributed by atoms with Crippen molar-refractivity contribution < 1.29 is 9.90 Å². The molecule has 2 fully saturated rings. The van der Waals surface area contributed by atoms with Crippen molar-refractivity contribution in [2.75, 3.05) is 33.3 Å². The van der Waals surface area contributed by atoms with Gasteiger partial charge in [-0.05, 0) is 50.6 Å². The highest BCUT2D eigenvalue weighted by Gasteiger charge is 2.33. The van der Waals surface area contributed by atoms with Gasteiger partial charge in [0.2, 0.25) is 5.91 Å².